The zero-order valence-electron chi connectivity index (χ0n) is 7.50. The second-order valence-electron chi connectivity index (χ2n) is 4.02. The SMILES string of the molecule is NC(N)=[N+]1CCCC1C1CCC1. The van der Waals surface area contributed by atoms with Crippen LogP contribution in [-0.2, 0) is 0 Å². The maximum atomic E-state index is 5.63. The Balaban J connectivity index is 2.08. The van der Waals surface area contributed by atoms with Crippen LogP contribution in [0.15, 0.2) is 0 Å². The molecule has 0 bridgehead atoms. The third-order valence-corrected chi connectivity index (χ3v) is 3.32. The fourth-order valence-corrected chi connectivity index (χ4v) is 2.43. The van der Waals surface area contributed by atoms with Crippen molar-refractivity contribution in [3.63, 3.8) is 0 Å². The molecule has 0 amide bonds. The van der Waals surface area contributed by atoms with E-state index in [0.717, 1.165) is 12.5 Å². The third-order valence-electron chi connectivity index (χ3n) is 3.32. The molecule has 1 saturated carbocycles. The number of guanidine groups is 1. The molecule has 1 unspecified atom stereocenters. The normalized spacial score (nSPS) is 30.3. The lowest BCUT2D eigenvalue weighted by Crippen LogP contribution is -2.42. The van der Waals surface area contributed by atoms with Gasteiger partial charge in [-0.05, 0) is 31.6 Å². The minimum absolute atomic E-state index is 0.532. The Hall–Kier alpha value is -0.730. The first-order chi connectivity index (χ1) is 5.79. The molecule has 1 aliphatic heterocycles. The van der Waals surface area contributed by atoms with Gasteiger partial charge in [0.1, 0.15) is 0 Å². The molecule has 0 aromatic carbocycles. The van der Waals surface area contributed by atoms with Gasteiger partial charge in [0.25, 0.3) is 0 Å². The summed E-state index contributed by atoms with van der Waals surface area (Å²) in [6.45, 7) is 1.07. The van der Waals surface area contributed by atoms with Gasteiger partial charge in [-0.3, -0.25) is 16.0 Å². The van der Waals surface area contributed by atoms with Crippen LogP contribution >= 0.6 is 0 Å². The van der Waals surface area contributed by atoms with Crippen LogP contribution in [0.1, 0.15) is 32.1 Å². The minimum Gasteiger partial charge on any atom is -0.291 e. The first-order valence-electron chi connectivity index (χ1n) is 4.93. The quantitative estimate of drug-likeness (QED) is 0.435. The van der Waals surface area contributed by atoms with E-state index in [1.54, 1.807) is 0 Å². The van der Waals surface area contributed by atoms with Crippen molar-refractivity contribution < 1.29 is 4.58 Å². The average Bonchev–Trinajstić information content (AvgIpc) is 2.31. The summed E-state index contributed by atoms with van der Waals surface area (Å²) >= 11 is 0. The van der Waals surface area contributed by atoms with Gasteiger partial charge < -0.3 is 0 Å². The molecule has 2 rings (SSSR count). The molecule has 3 heteroatoms. The Bertz CT molecular complexity index is 202. The Morgan fingerprint density at radius 2 is 1.83 bits per heavy atom. The van der Waals surface area contributed by atoms with Gasteiger partial charge in [-0.2, -0.15) is 0 Å². The Morgan fingerprint density at radius 1 is 1.08 bits per heavy atom. The van der Waals surface area contributed by atoms with Crippen molar-refractivity contribution in [2.45, 2.75) is 38.1 Å². The van der Waals surface area contributed by atoms with E-state index >= 15 is 0 Å². The molecule has 3 nitrogen and oxygen atoms in total. The molecule has 2 fully saturated rings. The molecule has 1 heterocycles. The van der Waals surface area contributed by atoms with Gasteiger partial charge in [0.2, 0.25) is 0 Å². The highest BCUT2D eigenvalue weighted by Gasteiger charge is 2.35. The van der Waals surface area contributed by atoms with Crippen molar-refractivity contribution in [1.82, 2.24) is 0 Å². The van der Waals surface area contributed by atoms with E-state index in [9.17, 15) is 0 Å². The molecule has 68 valence electrons. The number of hydrogen-bond acceptors (Lipinski definition) is 0. The van der Waals surface area contributed by atoms with E-state index in [4.69, 9.17) is 11.5 Å². The summed E-state index contributed by atoms with van der Waals surface area (Å²) in [7, 11) is 0. The van der Waals surface area contributed by atoms with Crippen molar-refractivity contribution in [2.24, 2.45) is 17.4 Å². The summed E-state index contributed by atoms with van der Waals surface area (Å²) in [6.07, 6.45) is 6.73. The molecule has 2 aliphatic rings. The molecule has 12 heavy (non-hydrogen) atoms. The van der Waals surface area contributed by atoms with Gasteiger partial charge in [-0.25, -0.2) is 0 Å². The second kappa shape index (κ2) is 2.96. The summed E-state index contributed by atoms with van der Waals surface area (Å²) in [4.78, 5) is 0. The van der Waals surface area contributed by atoms with Crippen molar-refractivity contribution in [3.05, 3.63) is 0 Å². The maximum Gasteiger partial charge on any atom is 0.341 e. The molecule has 0 spiro atoms. The predicted octanol–water partition coefficient (Wildman–Crippen LogP) is 0.235. The van der Waals surface area contributed by atoms with E-state index < -0.39 is 0 Å². The number of nitrogens with zero attached hydrogens (tertiary/aromatic N) is 1. The minimum atomic E-state index is 0.532. The van der Waals surface area contributed by atoms with Gasteiger partial charge in [-0.1, -0.05) is 6.42 Å². The van der Waals surface area contributed by atoms with E-state index in [0.29, 0.717) is 12.0 Å². The number of hydrogen-bond donors (Lipinski definition) is 2. The summed E-state index contributed by atoms with van der Waals surface area (Å²) in [5.41, 5.74) is 11.3. The number of rotatable bonds is 1. The van der Waals surface area contributed by atoms with Crippen LogP contribution in [0, 0.1) is 5.92 Å². The van der Waals surface area contributed by atoms with Crippen LogP contribution in [0.4, 0.5) is 0 Å². The largest absolute Gasteiger partial charge is 0.341 e. The van der Waals surface area contributed by atoms with Crippen molar-refractivity contribution in [3.8, 4) is 0 Å². The predicted molar refractivity (Wildman–Crippen MR) is 48.9 cm³/mol. The zero-order chi connectivity index (χ0) is 8.55. The highest BCUT2D eigenvalue weighted by molar-refractivity contribution is 5.70. The Kier molecular flexibility index (Phi) is 1.95. The Morgan fingerprint density at radius 3 is 2.33 bits per heavy atom. The smallest absolute Gasteiger partial charge is 0.291 e. The molecule has 4 N–H and O–H groups in total. The number of nitrogens with two attached hydrogens (primary N) is 2. The van der Waals surface area contributed by atoms with Crippen molar-refractivity contribution in [1.29, 1.82) is 0 Å². The van der Waals surface area contributed by atoms with Gasteiger partial charge in [-0.15, -0.1) is 0 Å². The van der Waals surface area contributed by atoms with Crippen molar-refractivity contribution >= 4 is 5.96 Å². The van der Waals surface area contributed by atoms with Crippen LogP contribution < -0.4 is 11.5 Å². The average molecular weight is 168 g/mol. The lowest BCUT2D eigenvalue weighted by Gasteiger charge is -2.31. The molecule has 1 saturated heterocycles. The standard InChI is InChI=1S/C9H17N3/c10-9(11)12-6-2-5-8(12)7-3-1-4-7/h7-8H,1-6H2,(H3,10,11)/p+1. The van der Waals surface area contributed by atoms with Gasteiger partial charge in [0, 0.05) is 0 Å². The van der Waals surface area contributed by atoms with E-state index in [2.05, 4.69) is 4.58 Å². The van der Waals surface area contributed by atoms with Crippen LogP contribution in [0.5, 0.6) is 0 Å². The van der Waals surface area contributed by atoms with E-state index in [-0.39, 0.29) is 0 Å². The van der Waals surface area contributed by atoms with Crippen molar-refractivity contribution in [2.75, 3.05) is 6.54 Å². The van der Waals surface area contributed by atoms with Crippen LogP contribution in [0.25, 0.3) is 0 Å². The van der Waals surface area contributed by atoms with E-state index in [1.807, 2.05) is 0 Å². The second-order valence-corrected chi connectivity index (χ2v) is 4.02. The van der Waals surface area contributed by atoms with Crippen LogP contribution in [0.3, 0.4) is 0 Å². The summed E-state index contributed by atoms with van der Waals surface area (Å²) < 4.78 is 2.20. The molecular weight excluding hydrogens is 150 g/mol. The van der Waals surface area contributed by atoms with E-state index in [1.165, 1.54) is 32.1 Å². The van der Waals surface area contributed by atoms with Gasteiger partial charge in [0.05, 0.1) is 12.6 Å². The summed E-state index contributed by atoms with van der Waals surface area (Å²) in [6, 6.07) is 0.670. The molecule has 0 aromatic rings. The topological polar surface area (TPSA) is 55.0 Å². The molecule has 0 radical (unpaired) electrons. The fourth-order valence-electron chi connectivity index (χ4n) is 2.43. The summed E-state index contributed by atoms with van der Waals surface area (Å²) in [5.74, 6) is 1.42. The lowest BCUT2D eigenvalue weighted by molar-refractivity contribution is -0.557. The first-order valence-corrected chi connectivity index (χ1v) is 4.93. The zero-order valence-corrected chi connectivity index (χ0v) is 7.50. The molecule has 0 aromatic heterocycles. The third kappa shape index (κ3) is 1.17. The lowest BCUT2D eigenvalue weighted by atomic mass is 9.79. The first kappa shape index (κ1) is 7.90. The van der Waals surface area contributed by atoms with Crippen LogP contribution in [0.2, 0.25) is 0 Å². The Labute approximate surface area is 73.4 Å². The van der Waals surface area contributed by atoms with Gasteiger partial charge >= 0.3 is 5.96 Å². The molecule has 1 atom stereocenters. The molecular formula is C9H18N3+. The highest BCUT2D eigenvalue weighted by Crippen LogP contribution is 2.35. The van der Waals surface area contributed by atoms with Crippen LogP contribution in [-0.4, -0.2) is 23.1 Å². The molecule has 1 aliphatic carbocycles. The maximum absolute atomic E-state index is 5.63. The fraction of sp³-hybridized carbons (Fsp3) is 0.889. The monoisotopic (exact) mass is 168 g/mol. The highest BCUT2D eigenvalue weighted by atomic mass is 15.2. The van der Waals surface area contributed by atoms with Gasteiger partial charge in [0.15, 0.2) is 0 Å². The summed E-state index contributed by atoms with van der Waals surface area (Å²) in [5, 5.41) is 0.